The summed E-state index contributed by atoms with van der Waals surface area (Å²) in [6.45, 7) is 2.09. The van der Waals surface area contributed by atoms with E-state index in [1.807, 2.05) is 43.3 Å². The minimum Gasteiger partial charge on any atom is -0.505 e. The number of nitrogens with zero attached hydrogens (tertiary/aromatic N) is 3. The van der Waals surface area contributed by atoms with E-state index >= 15 is 0 Å². The molecule has 3 aromatic carbocycles. The van der Waals surface area contributed by atoms with Gasteiger partial charge in [0.05, 0.1) is 0 Å². The largest absolute Gasteiger partial charge is 0.505 e. The van der Waals surface area contributed by atoms with Gasteiger partial charge in [0.15, 0.2) is 0 Å². The maximum Gasteiger partial charge on any atom is 0.251 e. The van der Waals surface area contributed by atoms with Crippen molar-refractivity contribution in [2.75, 3.05) is 0 Å². The monoisotopic (exact) mass is 415 g/mol. The lowest BCUT2D eigenvalue weighted by Crippen LogP contribution is -2.23. The zero-order valence-corrected chi connectivity index (χ0v) is 16.9. The van der Waals surface area contributed by atoms with Crippen molar-refractivity contribution >= 4 is 22.8 Å². The molecule has 0 spiro atoms. The lowest BCUT2D eigenvalue weighted by Gasteiger charge is -2.13. The van der Waals surface area contributed by atoms with Gasteiger partial charge in [-0.25, -0.2) is 0 Å². The molecule has 8 nitrogen and oxygen atoms in total. The van der Waals surface area contributed by atoms with Gasteiger partial charge >= 0.3 is 0 Å². The average Bonchev–Trinajstić information content (AvgIpc) is 3.22. The normalized spacial score (nSPS) is 10.9. The molecule has 4 aromatic rings. The lowest BCUT2D eigenvalue weighted by molar-refractivity contribution is 0.0950. The molecule has 8 heteroatoms. The van der Waals surface area contributed by atoms with Crippen LogP contribution in [0.2, 0.25) is 0 Å². The zero-order chi connectivity index (χ0) is 22.0. The fraction of sp³-hybridized carbons (Fsp3) is 0.130. The Morgan fingerprint density at radius 1 is 1.00 bits per heavy atom. The molecule has 0 saturated carbocycles. The van der Waals surface area contributed by atoms with Crippen molar-refractivity contribution in [1.29, 1.82) is 0 Å². The number of aromatic nitrogens is 3. The van der Waals surface area contributed by atoms with Gasteiger partial charge in [0.25, 0.3) is 5.91 Å². The van der Waals surface area contributed by atoms with E-state index in [0.29, 0.717) is 27.8 Å². The topological polar surface area (TPSA) is 123 Å². The maximum atomic E-state index is 12.6. The van der Waals surface area contributed by atoms with Crippen LogP contribution >= 0.6 is 0 Å². The highest BCUT2D eigenvalue weighted by molar-refractivity contribution is 5.99. The van der Waals surface area contributed by atoms with Crippen molar-refractivity contribution in [3.8, 4) is 11.4 Å². The predicted octanol–water partition coefficient (Wildman–Crippen LogP) is 2.72. The maximum absolute atomic E-state index is 12.6. The molecule has 0 atom stereocenters. The summed E-state index contributed by atoms with van der Waals surface area (Å²) in [6, 6.07) is 17.3. The summed E-state index contributed by atoms with van der Waals surface area (Å²) in [7, 11) is 0. The Labute approximate surface area is 178 Å². The summed E-state index contributed by atoms with van der Waals surface area (Å²) in [6.07, 6.45) is 0.732. The molecule has 0 bridgehead atoms. The summed E-state index contributed by atoms with van der Waals surface area (Å²) >= 11 is 0. The second-order valence-electron chi connectivity index (χ2n) is 7.08. The first kappa shape index (κ1) is 20.1. The van der Waals surface area contributed by atoms with Crippen LogP contribution in [0.5, 0.6) is 5.75 Å². The van der Waals surface area contributed by atoms with Crippen LogP contribution in [0, 0.1) is 0 Å². The third-order valence-corrected chi connectivity index (χ3v) is 4.99. The first-order valence-electron chi connectivity index (χ1n) is 9.81. The molecule has 1 aromatic heterocycles. The van der Waals surface area contributed by atoms with E-state index in [9.17, 15) is 14.7 Å². The number of nitrogens with one attached hydrogen (secondary N) is 1. The molecular weight excluding hydrogens is 394 g/mol. The number of benzene rings is 3. The molecule has 0 aliphatic carbocycles. The van der Waals surface area contributed by atoms with Crippen molar-refractivity contribution in [2.24, 2.45) is 5.73 Å². The Balaban J connectivity index is 1.63. The lowest BCUT2D eigenvalue weighted by atomic mass is 10.1. The molecule has 0 aliphatic rings. The average molecular weight is 415 g/mol. The Hall–Kier alpha value is -4.20. The number of hydrogen-bond acceptors (Lipinski definition) is 5. The number of rotatable bonds is 6. The molecule has 0 unspecified atom stereocenters. The molecule has 4 N–H and O–H groups in total. The number of primary amides is 1. The number of amides is 2. The number of carbonyl (C=O) groups excluding carboxylic acids is 2. The third-order valence-electron chi connectivity index (χ3n) is 4.99. The molecule has 156 valence electrons. The first-order valence-corrected chi connectivity index (χ1v) is 9.81. The van der Waals surface area contributed by atoms with Gasteiger partial charge in [-0.3, -0.25) is 9.59 Å². The summed E-state index contributed by atoms with van der Waals surface area (Å²) in [5.74, 6) is -0.996. The highest BCUT2D eigenvalue weighted by Gasteiger charge is 2.16. The fourth-order valence-corrected chi connectivity index (χ4v) is 3.29. The van der Waals surface area contributed by atoms with Gasteiger partial charge in [-0.15, -0.1) is 15.0 Å². The van der Waals surface area contributed by atoms with Crippen LogP contribution in [0.1, 0.15) is 38.8 Å². The SMILES string of the molecule is CCc1cc(CNC(=O)c2cccc(C(N)=O)c2)c(O)c(-n2nc3ccccc3n2)c1. The molecular formula is C23H21N5O3. The van der Waals surface area contributed by atoms with Crippen LogP contribution in [0.25, 0.3) is 16.7 Å². The van der Waals surface area contributed by atoms with E-state index in [1.165, 1.54) is 10.9 Å². The van der Waals surface area contributed by atoms with Gasteiger partial charge in [0, 0.05) is 23.2 Å². The van der Waals surface area contributed by atoms with Crippen LogP contribution in [-0.2, 0) is 13.0 Å². The standard InChI is InChI=1S/C23H21N5O3/c1-2-14-10-17(13-25-23(31)16-7-5-6-15(12-16)22(24)30)21(29)20(11-14)28-26-18-8-3-4-9-19(18)27-28/h3-12,29H,2,13H2,1H3,(H2,24,30)(H,25,31). The third kappa shape index (κ3) is 4.09. The summed E-state index contributed by atoms with van der Waals surface area (Å²) in [5, 5.41) is 22.5. The number of carbonyl (C=O) groups is 2. The second kappa shape index (κ2) is 8.27. The van der Waals surface area contributed by atoms with E-state index in [4.69, 9.17) is 5.73 Å². The number of phenolic OH excluding ortho intramolecular Hbond substituents is 1. The molecule has 0 saturated heterocycles. The van der Waals surface area contributed by atoms with Crippen molar-refractivity contribution in [2.45, 2.75) is 19.9 Å². The minimum atomic E-state index is -0.605. The zero-order valence-electron chi connectivity index (χ0n) is 16.9. The quantitative estimate of drug-likeness (QED) is 0.447. The van der Waals surface area contributed by atoms with E-state index in [2.05, 4.69) is 15.5 Å². The molecule has 0 aliphatic heterocycles. The highest BCUT2D eigenvalue weighted by atomic mass is 16.3. The molecule has 2 amide bonds. The highest BCUT2D eigenvalue weighted by Crippen LogP contribution is 2.28. The van der Waals surface area contributed by atoms with E-state index in [-0.39, 0.29) is 23.8 Å². The number of aromatic hydroxyl groups is 1. The van der Waals surface area contributed by atoms with Gasteiger partial charge in [-0.05, 0) is 48.4 Å². The number of aryl methyl sites for hydroxylation is 1. The first-order chi connectivity index (χ1) is 15.0. The number of hydrogen-bond donors (Lipinski definition) is 3. The summed E-state index contributed by atoms with van der Waals surface area (Å²) < 4.78 is 0. The smallest absolute Gasteiger partial charge is 0.251 e. The minimum absolute atomic E-state index is 0.0105. The van der Waals surface area contributed by atoms with Crippen LogP contribution < -0.4 is 11.1 Å². The van der Waals surface area contributed by atoms with Crippen LogP contribution in [-0.4, -0.2) is 31.9 Å². The van der Waals surface area contributed by atoms with Gasteiger partial charge in [0.2, 0.25) is 5.91 Å². The van der Waals surface area contributed by atoms with Crippen molar-refractivity contribution in [1.82, 2.24) is 20.3 Å². The summed E-state index contributed by atoms with van der Waals surface area (Å²) in [4.78, 5) is 25.3. The predicted molar refractivity (Wildman–Crippen MR) is 116 cm³/mol. The molecule has 4 rings (SSSR count). The molecule has 31 heavy (non-hydrogen) atoms. The van der Waals surface area contributed by atoms with Crippen molar-refractivity contribution in [3.05, 3.63) is 82.9 Å². The Morgan fingerprint density at radius 3 is 2.32 bits per heavy atom. The van der Waals surface area contributed by atoms with E-state index < -0.39 is 5.91 Å². The fourth-order valence-electron chi connectivity index (χ4n) is 3.29. The van der Waals surface area contributed by atoms with Crippen molar-refractivity contribution < 1.29 is 14.7 Å². The van der Waals surface area contributed by atoms with E-state index in [1.54, 1.807) is 18.2 Å². The van der Waals surface area contributed by atoms with Crippen LogP contribution in [0.15, 0.2) is 60.7 Å². The Bertz CT molecular complexity index is 1260. The van der Waals surface area contributed by atoms with Gasteiger partial charge in [-0.1, -0.05) is 31.2 Å². The van der Waals surface area contributed by atoms with Crippen molar-refractivity contribution in [3.63, 3.8) is 0 Å². The second-order valence-corrected chi connectivity index (χ2v) is 7.08. The van der Waals surface area contributed by atoms with Crippen LogP contribution in [0.3, 0.4) is 0 Å². The Morgan fingerprint density at radius 2 is 1.68 bits per heavy atom. The van der Waals surface area contributed by atoms with Gasteiger partial charge < -0.3 is 16.2 Å². The van der Waals surface area contributed by atoms with Crippen LogP contribution in [0.4, 0.5) is 0 Å². The van der Waals surface area contributed by atoms with Gasteiger partial charge in [0.1, 0.15) is 22.5 Å². The number of fused-ring (bicyclic) bond motifs is 1. The number of phenols is 1. The molecule has 1 heterocycles. The number of nitrogens with two attached hydrogens (primary N) is 1. The van der Waals surface area contributed by atoms with Gasteiger partial charge in [-0.2, -0.15) is 0 Å². The Kier molecular flexibility index (Phi) is 5.36. The summed E-state index contributed by atoms with van der Waals surface area (Å²) in [5.41, 5.74) is 9.22. The molecule has 0 radical (unpaired) electrons. The van der Waals surface area contributed by atoms with E-state index in [0.717, 1.165) is 12.0 Å². The molecule has 0 fully saturated rings.